The summed E-state index contributed by atoms with van der Waals surface area (Å²) in [6, 6.07) is 2.92. The van der Waals surface area contributed by atoms with Gasteiger partial charge in [0.05, 0.1) is 16.4 Å². The molecule has 0 unspecified atom stereocenters. The lowest BCUT2D eigenvalue weighted by Gasteiger charge is -2.09. The Labute approximate surface area is 89.1 Å². The second kappa shape index (κ2) is 4.05. The summed E-state index contributed by atoms with van der Waals surface area (Å²) in [5.41, 5.74) is -1.54. The Morgan fingerprint density at radius 2 is 1.62 bits per heavy atom. The van der Waals surface area contributed by atoms with Crippen LogP contribution in [0, 0.1) is 0 Å². The molecule has 8 heteroatoms. The summed E-state index contributed by atoms with van der Waals surface area (Å²) < 4.78 is 11.0. The minimum atomic E-state index is -4.82. The molecular formula is C8H7O7P. The van der Waals surface area contributed by atoms with Crippen molar-refractivity contribution in [2.45, 2.75) is 0 Å². The average molecular weight is 246 g/mol. The zero-order valence-electron chi connectivity index (χ0n) is 7.69. The fraction of sp³-hybridized carbons (Fsp3) is 0. The summed E-state index contributed by atoms with van der Waals surface area (Å²) >= 11 is 0. The molecule has 1 aromatic rings. The monoisotopic (exact) mass is 246 g/mol. The second-order valence-corrected chi connectivity index (χ2v) is 4.42. The fourth-order valence-electron chi connectivity index (χ4n) is 1.19. The van der Waals surface area contributed by atoms with Gasteiger partial charge in [-0.15, -0.1) is 0 Å². The van der Waals surface area contributed by atoms with E-state index in [1.165, 1.54) is 0 Å². The molecule has 0 aromatic heterocycles. The highest BCUT2D eigenvalue weighted by Crippen LogP contribution is 2.35. The lowest BCUT2D eigenvalue weighted by atomic mass is 10.1. The van der Waals surface area contributed by atoms with Crippen molar-refractivity contribution in [3.05, 3.63) is 29.3 Å². The topological polar surface area (TPSA) is 132 Å². The number of benzene rings is 1. The minimum absolute atomic E-state index is 0.659. The van der Waals surface area contributed by atoms with E-state index >= 15 is 0 Å². The van der Waals surface area contributed by atoms with Crippen molar-refractivity contribution in [2.24, 2.45) is 0 Å². The predicted octanol–water partition coefficient (Wildman–Crippen LogP) is -0.114. The Morgan fingerprint density at radius 3 is 2.00 bits per heavy atom. The van der Waals surface area contributed by atoms with E-state index in [1.54, 1.807) is 0 Å². The molecule has 0 atom stereocenters. The van der Waals surface area contributed by atoms with Gasteiger partial charge in [0.15, 0.2) is 0 Å². The molecule has 0 aliphatic rings. The summed E-state index contributed by atoms with van der Waals surface area (Å²) in [7, 11) is -4.82. The zero-order chi connectivity index (χ0) is 12.5. The van der Waals surface area contributed by atoms with Crippen molar-refractivity contribution in [1.29, 1.82) is 0 Å². The summed E-state index contributed by atoms with van der Waals surface area (Å²) in [6.07, 6.45) is 0. The summed E-state index contributed by atoms with van der Waals surface area (Å²) in [5, 5.41) is 16.6. The maximum atomic E-state index is 11.0. The molecule has 0 heterocycles. The number of carbonyl (C=O) groups is 2. The first kappa shape index (κ1) is 12.4. The van der Waals surface area contributed by atoms with E-state index in [2.05, 4.69) is 0 Å². The molecule has 0 saturated heterocycles. The lowest BCUT2D eigenvalue weighted by Crippen LogP contribution is -2.20. The Morgan fingerprint density at radius 1 is 1.06 bits per heavy atom. The van der Waals surface area contributed by atoms with E-state index in [-0.39, 0.29) is 0 Å². The van der Waals surface area contributed by atoms with Gasteiger partial charge in [-0.1, -0.05) is 6.07 Å². The highest BCUT2D eigenvalue weighted by molar-refractivity contribution is 7.60. The lowest BCUT2D eigenvalue weighted by molar-refractivity contribution is 0.0652. The van der Waals surface area contributed by atoms with Crippen LogP contribution in [0.3, 0.4) is 0 Å². The third-order valence-corrected chi connectivity index (χ3v) is 2.80. The van der Waals surface area contributed by atoms with Crippen LogP contribution in [-0.4, -0.2) is 31.9 Å². The summed E-state index contributed by atoms with van der Waals surface area (Å²) in [5.74, 6) is -3.26. The van der Waals surface area contributed by atoms with Crippen molar-refractivity contribution >= 4 is 24.8 Å². The van der Waals surface area contributed by atoms with Crippen LogP contribution in [0.4, 0.5) is 0 Å². The first-order chi connectivity index (χ1) is 7.25. The van der Waals surface area contributed by atoms with Gasteiger partial charge in [-0.2, -0.15) is 0 Å². The molecule has 16 heavy (non-hydrogen) atoms. The van der Waals surface area contributed by atoms with Crippen LogP contribution in [0.1, 0.15) is 20.7 Å². The van der Waals surface area contributed by atoms with Gasteiger partial charge in [-0.05, 0) is 12.1 Å². The van der Waals surface area contributed by atoms with E-state index in [9.17, 15) is 14.2 Å². The Hall–Kier alpha value is -1.69. The van der Waals surface area contributed by atoms with E-state index in [1.807, 2.05) is 0 Å². The third kappa shape index (κ3) is 2.27. The normalized spacial score (nSPS) is 11.1. The van der Waals surface area contributed by atoms with Crippen LogP contribution >= 0.6 is 7.60 Å². The maximum absolute atomic E-state index is 11.0. The highest BCUT2D eigenvalue weighted by atomic mass is 31.2. The van der Waals surface area contributed by atoms with Crippen LogP contribution in [-0.2, 0) is 4.57 Å². The van der Waals surface area contributed by atoms with E-state index < -0.39 is 36.0 Å². The minimum Gasteiger partial charge on any atom is -0.478 e. The quantitative estimate of drug-likeness (QED) is 0.546. The molecule has 0 aliphatic carbocycles. The van der Waals surface area contributed by atoms with Gasteiger partial charge >= 0.3 is 19.5 Å². The van der Waals surface area contributed by atoms with Crippen LogP contribution < -0.4 is 5.30 Å². The van der Waals surface area contributed by atoms with Gasteiger partial charge in [-0.25, -0.2) is 9.59 Å². The number of hydrogen-bond acceptors (Lipinski definition) is 3. The summed E-state index contributed by atoms with van der Waals surface area (Å²) in [4.78, 5) is 39.2. The van der Waals surface area contributed by atoms with Crippen LogP contribution in [0.15, 0.2) is 18.2 Å². The number of carboxylic acids is 2. The van der Waals surface area contributed by atoms with Crippen LogP contribution in [0.2, 0.25) is 0 Å². The predicted molar refractivity (Wildman–Crippen MR) is 52.0 cm³/mol. The van der Waals surface area contributed by atoms with Crippen LogP contribution in [0.25, 0.3) is 0 Å². The first-order valence-electron chi connectivity index (χ1n) is 3.91. The third-order valence-electron chi connectivity index (χ3n) is 1.80. The zero-order valence-corrected chi connectivity index (χ0v) is 8.59. The maximum Gasteiger partial charge on any atom is 0.357 e. The number of rotatable bonds is 3. The molecule has 0 aliphatic heterocycles. The van der Waals surface area contributed by atoms with Crippen molar-refractivity contribution in [1.82, 2.24) is 0 Å². The Kier molecular flexibility index (Phi) is 3.14. The first-order valence-corrected chi connectivity index (χ1v) is 5.52. The standard InChI is InChI=1S/C8H7O7P/c9-7(10)4-2-1-3-5(16(13,14)15)6(4)8(11)12/h1-3H,(H,9,10)(H,11,12)(H2,13,14,15). The molecule has 0 amide bonds. The number of aromatic carboxylic acids is 2. The molecule has 0 spiro atoms. The van der Waals surface area contributed by atoms with E-state index in [0.29, 0.717) is 0 Å². The molecule has 0 bridgehead atoms. The molecular weight excluding hydrogens is 239 g/mol. The van der Waals surface area contributed by atoms with Crippen molar-refractivity contribution < 1.29 is 34.2 Å². The fourth-order valence-corrected chi connectivity index (χ4v) is 1.97. The van der Waals surface area contributed by atoms with Gasteiger partial charge in [0.1, 0.15) is 0 Å². The smallest absolute Gasteiger partial charge is 0.357 e. The average Bonchev–Trinajstić information content (AvgIpc) is 2.14. The Bertz CT molecular complexity index is 501. The van der Waals surface area contributed by atoms with Crippen molar-refractivity contribution in [3.63, 3.8) is 0 Å². The van der Waals surface area contributed by atoms with E-state index in [0.717, 1.165) is 18.2 Å². The molecule has 0 radical (unpaired) electrons. The molecule has 0 saturated carbocycles. The van der Waals surface area contributed by atoms with Gasteiger partial charge in [0.2, 0.25) is 0 Å². The molecule has 7 nitrogen and oxygen atoms in total. The molecule has 4 N–H and O–H groups in total. The van der Waals surface area contributed by atoms with Crippen molar-refractivity contribution in [2.75, 3.05) is 0 Å². The molecule has 86 valence electrons. The van der Waals surface area contributed by atoms with Gasteiger partial charge in [0.25, 0.3) is 0 Å². The SMILES string of the molecule is O=C(O)c1cccc(P(=O)(O)O)c1C(=O)O. The van der Waals surface area contributed by atoms with Gasteiger partial charge in [-0.3, -0.25) is 4.57 Å². The Balaban J connectivity index is 3.65. The molecule has 1 rings (SSSR count). The van der Waals surface area contributed by atoms with Gasteiger partial charge < -0.3 is 20.0 Å². The molecule has 0 fully saturated rings. The number of carboxylic acid groups (broad SMARTS) is 2. The van der Waals surface area contributed by atoms with Crippen molar-refractivity contribution in [3.8, 4) is 0 Å². The number of hydrogen-bond donors (Lipinski definition) is 4. The van der Waals surface area contributed by atoms with Crippen LogP contribution in [0.5, 0.6) is 0 Å². The molecule has 1 aromatic carbocycles. The summed E-state index contributed by atoms with van der Waals surface area (Å²) in [6.45, 7) is 0. The van der Waals surface area contributed by atoms with E-state index in [4.69, 9.17) is 20.0 Å². The van der Waals surface area contributed by atoms with Gasteiger partial charge in [0, 0.05) is 0 Å². The second-order valence-electron chi connectivity index (χ2n) is 2.85. The largest absolute Gasteiger partial charge is 0.478 e. The highest BCUT2D eigenvalue weighted by Gasteiger charge is 2.29.